The summed E-state index contributed by atoms with van der Waals surface area (Å²) < 4.78 is 0. The quantitative estimate of drug-likeness (QED) is 0.776. The monoisotopic (exact) mass is 240 g/mol. The van der Waals surface area contributed by atoms with Gasteiger partial charge in [0.15, 0.2) is 0 Å². The lowest BCUT2D eigenvalue weighted by atomic mass is 10.1. The molecule has 0 saturated carbocycles. The summed E-state index contributed by atoms with van der Waals surface area (Å²) in [6.07, 6.45) is 3.88. The summed E-state index contributed by atoms with van der Waals surface area (Å²) in [7, 11) is 0. The van der Waals surface area contributed by atoms with Crippen molar-refractivity contribution in [3.63, 3.8) is 0 Å². The Kier molecular flexibility index (Phi) is 5.86. The normalized spacial score (nSPS) is 10.1. The van der Waals surface area contributed by atoms with Gasteiger partial charge in [-0.25, -0.2) is 0 Å². The van der Waals surface area contributed by atoms with Crippen molar-refractivity contribution >= 4 is 17.5 Å². The van der Waals surface area contributed by atoms with Crippen molar-refractivity contribution in [1.29, 1.82) is 0 Å². The summed E-state index contributed by atoms with van der Waals surface area (Å²) >= 11 is 5.52. The second-order valence-electron chi connectivity index (χ2n) is 3.53. The lowest BCUT2D eigenvalue weighted by molar-refractivity contribution is -0.121. The number of pyridine rings is 1. The maximum absolute atomic E-state index is 11.4. The first-order chi connectivity index (χ1) is 7.77. The summed E-state index contributed by atoms with van der Waals surface area (Å²) in [5.41, 5.74) is 2.13. The Bertz CT molecular complexity index is 342. The zero-order chi connectivity index (χ0) is 11.8. The maximum atomic E-state index is 11.4. The lowest BCUT2D eigenvalue weighted by Gasteiger charge is -2.07. The highest BCUT2D eigenvalue weighted by Gasteiger charge is 2.04. The van der Waals surface area contributed by atoms with Crippen LogP contribution in [0.15, 0.2) is 18.3 Å². The van der Waals surface area contributed by atoms with E-state index in [0.717, 1.165) is 18.5 Å². The standard InChI is InChI=1S/C12H17ClN2O/c1-2-10-5-4-8-14-11(10)9-15-12(16)6-3-7-13/h4-5,8H,2-3,6-7,9H2,1H3,(H,15,16). The highest BCUT2D eigenvalue weighted by molar-refractivity contribution is 6.17. The number of hydrogen-bond donors (Lipinski definition) is 1. The molecule has 1 rings (SSSR count). The van der Waals surface area contributed by atoms with E-state index in [-0.39, 0.29) is 5.91 Å². The van der Waals surface area contributed by atoms with Gasteiger partial charge in [-0.3, -0.25) is 9.78 Å². The van der Waals surface area contributed by atoms with E-state index >= 15 is 0 Å². The number of aromatic nitrogens is 1. The number of carbonyl (C=O) groups is 1. The second-order valence-corrected chi connectivity index (χ2v) is 3.91. The van der Waals surface area contributed by atoms with Gasteiger partial charge in [0.1, 0.15) is 0 Å². The van der Waals surface area contributed by atoms with Crippen LogP contribution in [-0.4, -0.2) is 16.8 Å². The number of nitrogens with one attached hydrogen (secondary N) is 1. The number of alkyl halides is 1. The van der Waals surface area contributed by atoms with Crippen LogP contribution < -0.4 is 5.32 Å². The summed E-state index contributed by atoms with van der Waals surface area (Å²) in [5.74, 6) is 0.561. The van der Waals surface area contributed by atoms with Crippen LogP contribution in [0, 0.1) is 0 Å². The minimum Gasteiger partial charge on any atom is -0.350 e. The van der Waals surface area contributed by atoms with E-state index in [0.29, 0.717) is 18.8 Å². The first-order valence-electron chi connectivity index (χ1n) is 5.53. The second kappa shape index (κ2) is 7.23. The molecule has 1 N–H and O–H groups in total. The van der Waals surface area contributed by atoms with E-state index in [1.165, 1.54) is 5.56 Å². The molecule has 0 atom stereocenters. The van der Waals surface area contributed by atoms with Crippen LogP contribution in [0.1, 0.15) is 31.0 Å². The Labute approximate surface area is 101 Å². The molecule has 0 spiro atoms. The molecule has 0 aliphatic carbocycles. The third-order valence-electron chi connectivity index (χ3n) is 2.36. The number of rotatable bonds is 6. The number of halogens is 1. The van der Waals surface area contributed by atoms with Crippen LogP contribution in [0.3, 0.4) is 0 Å². The van der Waals surface area contributed by atoms with Crippen molar-refractivity contribution in [2.24, 2.45) is 0 Å². The van der Waals surface area contributed by atoms with Gasteiger partial charge in [0, 0.05) is 18.5 Å². The molecule has 0 fully saturated rings. The number of carbonyl (C=O) groups excluding carboxylic acids is 1. The number of hydrogen-bond acceptors (Lipinski definition) is 2. The van der Waals surface area contributed by atoms with Crippen molar-refractivity contribution in [1.82, 2.24) is 10.3 Å². The Morgan fingerprint density at radius 3 is 3.06 bits per heavy atom. The predicted octanol–water partition coefficient (Wildman–Crippen LogP) is 2.28. The molecule has 0 unspecified atom stereocenters. The van der Waals surface area contributed by atoms with Crippen molar-refractivity contribution < 1.29 is 4.79 Å². The lowest BCUT2D eigenvalue weighted by Crippen LogP contribution is -2.23. The zero-order valence-corrected chi connectivity index (χ0v) is 10.3. The molecule has 1 heterocycles. The molecule has 0 aromatic carbocycles. The number of nitrogens with zero attached hydrogens (tertiary/aromatic N) is 1. The molecule has 0 aliphatic rings. The highest BCUT2D eigenvalue weighted by atomic mass is 35.5. The molecule has 1 aromatic rings. The molecule has 0 bridgehead atoms. The van der Waals surface area contributed by atoms with Gasteiger partial charge in [-0.15, -0.1) is 11.6 Å². The first kappa shape index (κ1) is 13.0. The fraction of sp³-hybridized carbons (Fsp3) is 0.500. The van der Waals surface area contributed by atoms with Crippen LogP contribution in [0.25, 0.3) is 0 Å². The fourth-order valence-electron chi connectivity index (χ4n) is 1.45. The average molecular weight is 241 g/mol. The van der Waals surface area contributed by atoms with Gasteiger partial charge in [0.05, 0.1) is 12.2 Å². The Balaban J connectivity index is 2.44. The predicted molar refractivity (Wildman–Crippen MR) is 65.4 cm³/mol. The largest absolute Gasteiger partial charge is 0.350 e. The Hall–Kier alpha value is -1.09. The Morgan fingerprint density at radius 2 is 2.38 bits per heavy atom. The molecule has 16 heavy (non-hydrogen) atoms. The summed E-state index contributed by atoms with van der Waals surface area (Å²) in [4.78, 5) is 15.6. The number of amides is 1. The van der Waals surface area contributed by atoms with E-state index < -0.39 is 0 Å². The van der Waals surface area contributed by atoms with Gasteiger partial charge in [0.25, 0.3) is 0 Å². The van der Waals surface area contributed by atoms with Gasteiger partial charge < -0.3 is 5.32 Å². The molecule has 0 radical (unpaired) electrons. The van der Waals surface area contributed by atoms with Gasteiger partial charge in [-0.2, -0.15) is 0 Å². The molecule has 88 valence electrons. The molecule has 0 saturated heterocycles. The van der Waals surface area contributed by atoms with Crippen LogP contribution >= 0.6 is 11.6 Å². The van der Waals surface area contributed by atoms with E-state index in [2.05, 4.69) is 17.2 Å². The van der Waals surface area contributed by atoms with Crippen molar-refractivity contribution in [3.05, 3.63) is 29.6 Å². The first-order valence-corrected chi connectivity index (χ1v) is 6.06. The molecule has 1 aromatic heterocycles. The fourth-order valence-corrected chi connectivity index (χ4v) is 1.58. The summed E-state index contributed by atoms with van der Waals surface area (Å²) in [6.45, 7) is 2.58. The third-order valence-corrected chi connectivity index (χ3v) is 2.62. The van der Waals surface area contributed by atoms with Crippen LogP contribution in [0.5, 0.6) is 0 Å². The van der Waals surface area contributed by atoms with Gasteiger partial charge in [-0.1, -0.05) is 13.0 Å². The Morgan fingerprint density at radius 1 is 1.56 bits per heavy atom. The molecule has 4 heteroatoms. The van der Waals surface area contributed by atoms with Gasteiger partial charge in [0.2, 0.25) is 5.91 Å². The molecule has 0 aliphatic heterocycles. The topological polar surface area (TPSA) is 42.0 Å². The molecular formula is C12H17ClN2O. The van der Waals surface area contributed by atoms with E-state index in [9.17, 15) is 4.79 Å². The zero-order valence-electron chi connectivity index (χ0n) is 9.50. The van der Waals surface area contributed by atoms with Crippen molar-refractivity contribution in [2.45, 2.75) is 32.7 Å². The highest BCUT2D eigenvalue weighted by Crippen LogP contribution is 2.05. The van der Waals surface area contributed by atoms with Crippen LogP contribution in [0.2, 0.25) is 0 Å². The summed E-state index contributed by atoms with van der Waals surface area (Å²) in [5, 5.41) is 2.85. The minimum absolute atomic E-state index is 0.0355. The maximum Gasteiger partial charge on any atom is 0.220 e. The number of aryl methyl sites for hydroxylation is 1. The third kappa shape index (κ3) is 4.19. The molecule has 1 amide bonds. The molecular weight excluding hydrogens is 224 g/mol. The van der Waals surface area contributed by atoms with Gasteiger partial charge >= 0.3 is 0 Å². The van der Waals surface area contributed by atoms with Crippen molar-refractivity contribution in [3.8, 4) is 0 Å². The molecule has 3 nitrogen and oxygen atoms in total. The average Bonchev–Trinajstić information content (AvgIpc) is 2.34. The van der Waals surface area contributed by atoms with Crippen LogP contribution in [-0.2, 0) is 17.8 Å². The SMILES string of the molecule is CCc1cccnc1CNC(=O)CCCCl. The van der Waals surface area contributed by atoms with Crippen LogP contribution in [0.4, 0.5) is 0 Å². The smallest absolute Gasteiger partial charge is 0.220 e. The minimum atomic E-state index is 0.0355. The van der Waals surface area contributed by atoms with E-state index in [4.69, 9.17) is 11.6 Å². The van der Waals surface area contributed by atoms with Crippen molar-refractivity contribution in [2.75, 3.05) is 5.88 Å². The van der Waals surface area contributed by atoms with E-state index in [1.807, 2.05) is 12.1 Å². The summed E-state index contributed by atoms with van der Waals surface area (Å²) in [6, 6.07) is 3.95. The van der Waals surface area contributed by atoms with E-state index in [1.54, 1.807) is 6.20 Å². The van der Waals surface area contributed by atoms with Gasteiger partial charge in [-0.05, 0) is 24.5 Å².